The highest BCUT2D eigenvalue weighted by atomic mass is 32.2. The number of nitrogens with zero attached hydrogens (tertiary/aromatic N) is 1. The van der Waals surface area contributed by atoms with Crippen LogP contribution in [0, 0.1) is 5.41 Å². The van der Waals surface area contributed by atoms with E-state index in [2.05, 4.69) is 31.1 Å². The van der Waals surface area contributed by atoms with E-state index in [9.17, 15) is 0 Å². The molecular weight excluding hydrogens is 216 g/mol. The summed E-state index contributed by atoms with van der Waals surface area (Å²) in [6, 6.07) is 0.658. The summed E-state index contributed by atoms with van der Waals surface area (Å²) in [6.45, 7) is 8.04. The van der Waals surface area contributed by atoms with Gasteiger partial charge in [-0.2, -0.15) is 0 Å². The molecule has 0 saturated heterocycles. The Morgan fingerprint density at radius 3 is 2.94 bits per heavy atom. The molecule has 0 amide bonds. The summed E-state index contributed by atoms with van der Waals surface area (Å²) in [4.78, 5) is 4.60. The van der Waals surface area contributed by atoms with Gasteiger partial charge in [0.05, 0.1) is 6.54 Å². The highest BCUT2D eigenvalue weighted by Gasteiger charge is 2.29. The van der Waals surface area contributed by atoms with Gasteiger partial charge in [-0.15, -0.1) is 0 Å². The zero-order chi connectivity index (χ0) is 11.6. The molecule has 92 valence electrons. The van der Waals surface area contributed by atoms with Crippen molar-refractivity contribution in [1.29, 1.82) is 0 Å². The van der Waals surface area contributed by atoms with E-state index in [0.717, 1.165) is 11.8 Å². The number of amidine groups is 1. The zero-order valence-corrected chi connectivity index (χ0v) is 11.6. The van der Waals surface area contributed by atoms with Gasteiger partial charge in [-0.25, -0.2) is 0 Å². The molecule has 1 N–H and O–H groups in total. The van der Waals surface area contributed by atoms with Gasteiger partial charge in [0, 0.05) is 11.3 Å². The van der Waals surface area contributed by atoms with Crippen LogP contribution in [0.5, 0.6) is 0 Å². The second kappa shape index (κ2) is 4.99. The smallest absolute Gasteiger partial charge is 0.157 e. The van der Waals surface area contributed by atoms with Crippen LogP contribution in [0.15, 0.2) is 4.99 Å². The molecule has 0 radical (unpaired) electrons. The van der Waals surface area contributed by atoms with Gasteiger partial charge in [0.25, 0.3) is 0 Å². The van der Waals surface area contributed by atoms with Crippen molar-refractivity contribution < 1.29 is 0 Å². The molecule has 0 bridgehead atoms. The number of hydrogen-bond donors (Lipinski definition) is 1. The van der Waals surface area contributed by atoms with Crippen molar-refractivity contribution in [2.24, 2.45) is 10.4 Å². The first-order valence-corrected chi connectivity index (χ1v) is 7.45. The van der Waals surface area contributed by atoms with Gasteiger partial charge in [-0.3, -0.25) is 4.99 Å². The van der Waals surface area contributed by atoms with Crippen molar-refractivity contribution in [3.63, 3.8) is 0 Å². The predicted molar refractivity (Wildman–Crippen MR) is 73.1 cm³/mol. The highest BCUT2D eigenvalue weighted by Crippen LogP contribution is 2.35. The molecule has 1 aliphatic heterocycles. The number of thioether (sulfide) groups is 1. The maximum absolute atomic E-state index is 4.60. The lowest BCUT2D eigenvalue weighted by atomic mass is 9.75. The number of rotatable bonds is 2. The van der Waals surface area contributed by atoms with E-state index in [-0.39, 0.29) is 0 Å². The number of aliphatic imine (C=N–C) groups is 1. The van der Waals surface area contributed by atoms with Gasteiger partial charge < -0.3 is 5.32 Å². The molecule has 16 heavy (non-hydrogen) atoms. The minimum Gasteiger partial charge on any atom is -0.362 e. The molecule has 0 aromatic carbocycles. The largest absolute Gasteiger partial charge is 0.362 e. The third-order valence-corrected chi connectivity index (χ3v) is 4.99. The van der Waals surface area contributed by atoms with E-state index < -0.39 is 0 Å². The summed E-state index contributed by atoms with van der Waals surface area (Å²) < 4.78 is 0. The minimum atomic E-state index is 0.518. The molecule has 1 heterocycles. The highest BCUT2D eigenvalue weighted by molar-refractivity contribution is 8.14. The van der Waals surface area contributed by atoms with Crippen molar-refractivity contribution in [3.05, 3.63) is 0 Å². The molecule has 0 aromatic rings. The van der Waals surface area contributed by atoms with Crippen LogP contribution >= 0.6 is 11.8 Å². The van der Waals surface area contributed by atoms with Crippen LogP contribution in [-0.2, 0) is 0 Å². The van der Waals surface area contributed by atoms with E-state index in [1.807, 2.05) is 11.8 Å². The third kappa shape index (κ3) is 3.16. The second-order valence-electron chi connectivity index (χ2n) is 5.90. The van der Waals surface area contributed by atoms with E-state index in [4.69, 9.17) is 0 Å². The van der Waals surface area contributed by atoms with Crippen LogP contribution in [0.3, 0.4) is 0 Å². The van der Waals surface area contributed by atoms with Crippen molar-refractivity contribution in [2.45, 2.75) is 64.2 Å². The molecule has 2 unspecified atom stereocenters. The Morgan fingerprint density at radius 1 is 1.50 bits per heavy atom. The Bertz CT molecular complexity index is 273. The van der Waals surface area contributed by atoms with Crippen molar-refractivity contribution in [1.82, 2.24) is 5.32 Å². The Morgan fingerprint density at radius 2 is 2.31 bits per heavy atom. The minimum absolute atomic E-state index is 0.518. The van der Waals surface area contributed by atoms with E-state index in [1.54, 1.807) is 0 Å². The Balaban J connectivity index is 1.82. The lowest BCUT2D eigenvalue weighted by Gasteiger charge is -2.35. The number of nitrogens with one attached hydrogen (secondary N) is 1. The molecule has 2 atom stereocenters. The summed E-state index contributed by atoms with van der Waals surface area (Å²) >= 11 is 1.94. The zero-order valence-electron chi connectivity index (χ0n) is 10.8. The Labute approximate surface area is 104 Å². The van der Waals surface area contributed by atoms with Gasteiger partial charge in [0.15, 0.2) is 5.17 Å². The van der Waals surface area contributed by atoms with Gasteiger partial charge in [-0.05, 0) is 31.1 Å². The first kappa shape index (κ1) is 12.3. The van der Waals surface area contributed by atoms with E-state index in [0.29, 0.717) is 11.5 Å². The van der Waals surface area contributed by atoms with Crippen molar-refractivity contribution in [3.8, 4) is 0 Å². The van der Waals surface area contributed by atoms with E-state index in [1.165, 1.54) is 37.3 Å². The molecular formula is C13H24N2S. The lowest BCUT2D eigenvalue weighted by Crippen LogP contribution is -2.39. The summed E-state index contributed by atoms with van der Waals surface area (Å²) in [5.41, 5.74) is 0.518. The number of hydrogen-bond acceptors (Lipinski definition) is 3. The van der Waals surface area contributed by atoms with Gasteiger partial charge in [0.2, 0.25) is 0 Å². The van der Waals surface area contributed by atoms with Crippen molar-refractivity contribution >= 4 is 16.9 Å². The monoisotopic (exact) mass is 240 g/mol. The van der Waals surface area contributed by atoms with Gasteiger partial charge in [0.1, 0.15) is 0 Å². The fraction of sp³-hybridized carbons (Fsp3) is 0.923. The molecule has 0 aromatic heterocycles. The molecule has 1 fully saturated rings. The summed E-state index contributed by atoms with van der Waals surface area (Å²) in [6.07, 6.45) is 6.58. The lowest BCUT2D eigenvalue weighted by molar-refractivity contribution is 0.211. The van der Waals surface area contributed by atoms with Crippen LogP contribution in [0.2, 0.25) is 0 Å². The normalized spacial score (nSPS) is 33.6. The van der Waals surface area contributed by atoms with Crippen LogP contribution in [0.4, 0.5) is 0 Å². The molecule has 2 nitrogen and oxygen atoms in total. The first-order valence-electron chi connectivity index (χ1n) is 6.57. The van der Waals surface area contributed by atoms with Gasteiger partial charge >= 0.3 is 0 Å². The quantitative estimate of drug-likeness (QED) is 0.799. The predicted octanol–water partition coefficient (Wildman–Crippen LogP) is 3.43. The average molecular weight is 240 g/mol. The Hall–Kier alpha value is -0.180. The summed E-state index contributed by atoms with van der Waals surface area (Å²) in [5, 5.41) is 5.58. The fourth-order valence-electron chi connectivity index (χ4n) is 2.71. The summed E-state index contributed by atoms with van der Waals surface area (Å²) in [5.74, 6) is 0. The van der Waals surface area contributed by atoms with Crippen LogP contribution in [0.1, 0.15) is 52.9 Å². The fourth-order valence-corrected chi connectivity index (χ4v) is 3.72. The maximum atomic E-state index is 4.60. The third-order valence-electron chi connectivity index (χ3n) is 3.70. The molecule has 2 rings (SSSR count). The molecule has 2 aliphatic rings. The maximum Gasteiger partial charge on any atom is 0.157 e. The standard InChI is InChI=1S/C13H24N2S/c1-4-11-9-14-12(16-11)15-10-6-5-7-13(2,3)8-10/h10-11H,4-9H2,1-3H3,(H,14,15). The van der Waals surface area contributed by atoms with Crippen LogP contribution in [0.25, 0.3) is 0 Å². The average Bonchev–Trinajstić information content (AvgIpc) is 2.64. The summed E-state index contributed by atoms with van der Waals surface area (Å²) in [7, 11) is 0. The first-order chi connectivity index (χ1) is 7.59. The molecule has 1 aliphatic carbocycles. The molecule has 3 heteroatoms. The van der Waals surface area contributed by atoms with Gasteiger partial charge in [-0.1, -0.05) is 39.0 Å². The molecule has 0 spiro atoms. The topological polar surface area (TPSA) is 24.4 Å². The SMILES string of the molecule is CCC1CN=C(NC2CCCC(C)(C)C2)S1. The van der Waals surface area contributed by atoms with Crippen LogP contribution in [-0.4, -0.2) is 23.0 Å². The van der Waals surface area contributed by atoms with E-state index >= 15 is 0 Å². The van der Waals surface area contributed by atoms with Crippen LogP contribution < -0.4 is 5.32 Å². The van der Waals surface area contributed by atoms with Crippen molar-refractivity contribution in [2.75, 3.05) is 6.54 Å². The Kier molecular flexibility index (Phi) is 3.83. The molecule has 1 saturated carbocycles. The second-order valence-corrected chi connectivity index (χ2v) is 7.18.